The number of pyridine rings is 1. The molecule has 4 aromatic rings. The largest absolute Gasteiger partial charge is 0.349 e. The second kappa shape index (κ2) is 14.1. The lowest BCUT2D eigenvalue weighted by atomic mass is 9.92. The topological polar surface area (TPSA) is 68.3 Å². The van der Waals surface area contributed by atoms with Crippen LogP contribution in [0.2, 0.25) is 0 Å². The highest BCUT2D eigenvalue weighted by Gasteiger charge is 2.36. The Hall–Kier alpha value is -3.81. The number of nitrogens with zero attached hydrogens (tertiary/aromatic N) is 1. The van der Waals surface area contributed by atoms with E-state index in [1.807, 2.05) is 73.9 Å². The van der Waals surface area contributed by atoms with Crippen LogP contribution in [0.5, 0.6) is 0 Å². The quantitative estimate of drug-likeness (QED) is 0.127. The van der Waals surface area contributed by atoms with Crippen LogP contribution in [-0.4, -0.2) is 33.8 Å². The Morgan fingerprint density at radius 2 is 1.67 bits per heavy atom. The van der Waals surface area contributed by atoms with E-state index in [9.17, 15) is 14.0 Å². The number of carbonyl (C=O) groups excluding carboxylic acids is 2. The van der Waals surface area contributed by atoms with E-state index < -0.39 is 17.3 Å². The molecule has 7 heteroatoms. The molecule has 3 atom stereocenters. The number of nitrogens with one attached hydrogen (secondary N) is 1. The maximum absolute atomic E-state index is 13.9. The zero-order valence-corrected chi connectivity index (χ0v) is 27.5. The summed E-state index contributed by atoms with van der Waals surface area (Å²) in [7, 11) is 0. The van der Waals surface area contributed by atoms with Crippen LogP contribution in [0, 0.1) is 5.82 Å². The standard InChI is InChI=1S/C38H41FN2O3S/c1-25(26-11-7-6-8-12-26)40-35(43)24-31(44-45(5)38(2,3)4)23-30(42)21-22-33-36(27-17-19-29(39)20-18-27)32-13-9-10-14-34(32)41-37(33)28-15-16-28/h6-14,17-22,25,28,31H,15-16,23-24H2,1-5H3/p+1/b22-21+/t25-,31+,45?/m0/s1. The lowest BCUT2D eigenvalue weighted by molar-refractivity contribution is -0.123. The SMILES string of the molecule is C[C@H](NC(=O)C[C@@H](CC(=O)/C=C/c1c(C2CC2)nc2ccccc2c1-c1ccc(F)cc1)O[S+](C)C(C)(C)C)c1ccccc1. The fourth-order valence-corrected chi connectivity index (χ4v) is 6.13. The number of halogens is 1. The number of fused-ring (bicyclic) bond motifs is 1. The molecule has 1 saturated carbocycles. The Kier molecular flexibility index (Phi) is 10.2. The third kappa shape index (κ3) is 8.47. The predicted octanol–water partition coefficient (Wildman–Crippen LogP) is 8.51. The maximum atomic E-state index is 13.9. The zero-order valence-electron chi connectivity index (χ0n) is 26.7. The van der Waals surface area contributed by atoms with Gasteiger partial charge in [-0.1, -0.05) is 60.7 Å². The number of hydrogen-bond donors (Lipinski definition) is 1. The first-order valence-corrected chi connectivity index (χ1v) is 17.1. The Balaban J connectivity index is 1.41. The van der Waals surface area contributed by atoms with Crippen molar-refractivity contribution in [1.82, 2.24) is 10.3 Å². The van der Waals surface area contributed by atoms with Crippen LogP contribution in [0.4, 0.5) is 4.39 Å². The normalized spacial score (nSPS) is 15.6. The second-order valence-electron chi connectivity index (χ2n) is 12.8. The highest BCUT2D eigenvalue weighted by molar-refractivity contribution is 7.93. The van der Waals surface area contributed by atoms with Gasteiger partial charge < -0.3 is 5.32 Å². The average Bonchev–Trinajstić information content (AvgIpc) is 3.85. The van der Waals surface area contributed by atoms with Crippen molar-refractivity contribution in [2.45, 2.75) is 76.2 Å². The van der Waals surface area contributed by atoms with Gasteiger partial charge in [-0.25, -0.2) is 4.39 Å². The third-order valence-electron chi connectivity index (χ3n) is 8.15. The van der Waals surface area contributed by atoms with Crippen molar-refractivity contribution in [1.29, 1.82) is 0 Å². The number of para-hydroxylation sites is 1. The molecule has 1 unspecified atom stereocenters. The fraction of sp³-hybridized carbons (Fsp3) is 0.342. The summed E-state index contributed by atoms with van der Waals surface area (Å²) in [6.07, 6.45) is 7.12. The van der Waals surface area contributed by atoms with Crippen LogP contribution >= 0.6 is 0 Å². The lowest BCUT2D eigenvalue weighted by Crippen LogP contribution is -2.36. The number of allylic oxidation sites excluding steroid dienone is 1. The van der Waals surface area contributed by atoms with E-state index in [0.29, 0.717) is 5.92 Å². The molecular formula is C38H42FN2O3S+. The Labute approximate surface area is 268 Å². The van der Waals surface area contributed by atoms with Crippen LogP contribution in [0.25, 0.3) is 28.1 Å². The minimum Gasteiger partial charge on any atom is -0.349 e. The minimum absolute atomic E-state index is 0.0721. The first-order valence-electron chi connectivity index (χ1n) is 15.6. The van der Waals surface area contributed by atoms with Crippen molar-refractivity contribution in [3.8, 4) is 11.1 Å². The molecule has 1 amide bonds. The number of amides is 1. The molecule has 5 rings (SSSR count). The van der Waals surface area contributed by atoms with Gasteiger partial charge in [0.2, 0.25) is 5.91 Å². The molecule has 234 valence electrons. The van der Waals surface area contributed by atoms with Gasteiger partial charge in [-0.3, -0.25) is 14.6 Å². The van der Waals surface area contributed by atoms with Gasteiger partial charge in [0.25, 0.3) is 0 Å². The van der Waals surface area contributed by atoms with Crippen LogP contribution in [0.15, 0.2) is 84.9 Å². The van der Waals surface area contributed by atoms with Gasteiger partial charge in [-0.15, -0.1) is 0 Å². The predicted molar refractivity (Wildman–Crippen MR) is 183 cm³/mol. The lowest BCUT2D eigenvalue weighted by Gasteiger charge is -2.22. The summed E-state index contributed by atoms with van der Waals surface area (Å²) >= 11 is -0.484. The van der Waals surface area contributed by atoms with Crippen molar-refractivity contribution in [2.75, 3.05) is 6.26 Å². The van der Waals surface area contributed by atoms with Crippen molar-refractivity contribution < 1.29 is 18.2 Å². The van der Waals surface area contributed by atoms with E-state index in [1.54, 1.807) is 18.2 Å². The van der Waals surface area contributed by atoms with E-state index >= 15 is 0 Å². The van der Waals surface area contributed by atoms with Gasteiger partial charge in [-0.05, 0) is 82.0 Å². The summed E-state index contributed by atoms with van der Waals surface area (Å²) in [4.78, 5) is 31.7. The first-order chi connectivity index (χ1) is 21.5. The van der Waals surface area contributed by atoms with Crippen molar-refractivity contribution in [3.63, 3.8) is 0 Å². The van der Waals surface area contributed by atoms with E-state index in [4.69, 9.17) is 9.17 Å². The zero-order chi connectivity index (χ0) is 32.1. The Morgan fingerprint density at radius 1 is 1.00 bits per heavy atom. The number of carbonyl (C=O) groups is 2. The molecule has 0 aliphatic heterocycles. The van der Waals surface area contributed by atoms with E-state index in [1.165, 1.54) is 12.1 Å². The molecule has 1 aliphatic rings. The smallest absolute Gasteiger partial charge is 0.223 e. The van der Waals surface area contributed by atoms with E-state index in [0.717, 1.165) is 51.7 Å². The molecule has 5 nitrogen and oxygen atoms in total. The van der Waals surface area contributed by atoms with Crippen molar-refractivity contribution >= 4 is 39.8 Å². The summed E-state index contributed by atoms with van der Waals surface area (Å²) < 4.78 is 20.2. The van der Waals surface area contributed by atoms with Gasteiger partial charge in [0.15, 0.2) is 10.5 Å². The molecule has 1 fully saturated rings. The summed E-state index contributed by atoms with van der Waals surface area (Å²) in [5.74, 6) is -0.267. The summed E-state index contributed by atoms with van der Waals surface area (Å²) in [5.41, 5.74) is 5.55. The Morgan fingerprint density at radius 3 is 2.33 bits per heavy atom. The Bertz CT molecular complexity index is 1680. The highest BCUT2D eigenvalue weighted by Crippen LogP contribution is 2.45. The van der Waals surface area contributed by atoms with Gasteiger partial charge in [0, 0.05) is 28.9 Å². The second-order valence-corrected chi connectivity index (χ2v) is 15.1. The average molecular weight is 626 g/mol. The molecular weight excluding hydrogens is 583 g/mol. The van der Waals surface area contributed by atoms with Crippen LogP contribution in [-0.2, 0) is 24.9 Å². The van der Waals surface area contributed by atoms with E-state index in [2.05, 4.69) is 26.1 Å². The number of rotatable bonds is 12. The minimum atomic E-state index is -0.577. The summed E-state index contributed by atoms with van der Waals surface area (Å²) in [5, 5.41) is 4.01. The molecule has 1 aromatic heterocycles. The molecule has 0 bridgehead atoms. The van der Waals surface area contributed by atoms with Gasteiger partial charge in [-0.2, -0.15) is 4.18 Å². The van der Waals surface area contributed by atoms with Gasteiger partial charge in [0.1, 0.15) is 29.4 Å². The number of ketones is 1. The van der Waals surface area contributed by atoms with Gasteiger partial charge >= 0.3 is 0 Å². The summed E-state index contributed by atoms with van der Waals surface area (Å²) in [6.45, 7) is 8.23. The molecule has 0 saturated heterocycles. The van der Waals surface area contributed by atoms with Gasteiger partial charge in [0.05, 0.1) is 23.7 Å². The number of hydrogen-bond acceptors (Lipinski definition) is 4. The molecule has 1 heterocycles. The maximum Gasteiger partial charge on any atom is 0.223 e. The van der Waals surface area contributed by atoms with Crippen molar-refractivity contribution in [2.24, 2.45) is 0 Å². The number of aromatic nitrogens is 1. The monoisotopic (exact) mass is 625 g/mol. The molecule has 0 radical (unpaired) electrons. The molecule has 1 aliphatic carbocycles. The first kappa shape index (κ1) is 32.6. The summed E-state index contributed by atoms with van der Waals surface area (Å²) in [6, 6.07) is 24.1. The molecule has 0 spiro atoms. The van der Waals surface area contributed by atoms with Crippen LogP contribution < -0.4 is 5.32 Å². The van der Waals surface area contributed by atoms with Crippen molar-refractivity contribution in [3.05, 3.63) is 108 Å². The molecule has 1 N–H and O–H groups in total. The highest BCUT2D eigenvalue weighted by atomic mass is 32.2. The molecule has 3 aromatic carbocycles. The van der Waals surface area contributed by atoms with Crippen LogP contribution in [0.3, 0.4) is 0 Å². The molecule has 45 heavy (non-hydrogen) atoms. The third-order valence-corrected chi connectivity index (χ3v) is 10.4. The number of benzene rings is 3. The fourth-order valence-electron chi connectivity index (χ4n) is 5.30. The van der Waals surface area contributed by atoms with Crippen LogP contribution in [0.1, 0.15) is 82.2 Å². The van der Waals surface area contributed by atoms with E-state index in [-0.39, 0.29) is 41.1 Å².